The molecule has 1 heterocycles. The Bertz CT molecular complexity index is 648. The Morgan fingerprint density at radius 3 is 2.77 bits per heavy atom. The van der Waals surface area contributed by atoms with Crippen molar-refractivity contribution in [3.63, 3.8) is 0 Å². The third kappa shape index (κ3) is 3.91. The lowest BCUT2D eigenvalue weighted by Crippen LogP contribution is -2.04. The number of phenols is 1. The van der Waals surface area contributed by atoms with Crippen LogP contribution in [0.5, 0.6) is 11.5 Å². The van der Waals surface area contributed by atoms with Crippen LogP contribution in [-0.4, -0.2) is 5.11 Å². The number of aryl methyl sites for hydroxylation is 1. The predicted molar refractivity (Wildman–Crippen MR) is 93.0 cm³/mol. The molecule has 1 aromatic rings. The molecule has 2 rings (SSSR count). The Hall–Kier alpha value is -2.22. The van der Waals surface area contributed by atoms with E-state index in [2.05, 4.69) is 20.1 Å². The number of fused-ring (bicyclic) bond motifs is 1. The standard InChI is InChI=1S/C20H24O2/c1-5-6-7-8-16-11-19(21)18-13-17(10-9-14(2)3)15(4)22-20(18)12-16/h9-13,21H,2,4-8H2,1,3H3/b10-9-. The van der Waals surface area contributed by atoms with Crippen molar-refractivity contribution in [3.8, 4) is 11.5 Å². The average molecular weight is 296 g/mol. The normalized spacial score (nSPS) is 13.7. The van der Waals surface area contributed by atoms with Gasteiger partial charge in [-0.2, -0.15) is 0 Å². The number of unbranched alkanes of at least 4 members (excludes halogenated alkanes) is 2. The van der Waals surface area contributed by atoms with Crippen molar-refractivity contribution in [2.45, 2.75) is 39.5 Å². The summed E-state index contributed by atoms with van der Waals surface area (Å²) < 4.78 is 5.80. The largest absolute Gasteiger partial charge is 0.507 e. The van der Waals surface area contributed by atoms with Gasteiger partial charge in [0.15, 0.2) is 0 Å². The second kappa shape index (κ2) is 7.17. The molecule has 0 amide bonds. The maximum absolute atomic E-state index is 10.3. The summed E-state index contributed by atoms with van der Waals surface area (Å²) in [5, 5.41) is 10.3. The minimum atomic E-state index is 0.262. The van der Waals surface area contributed by atoms with E-state index < -0.39 is 0 Å². The van der Waals surface area contributed by atoms with E-state index in [1.807, 2.05) is 37.3 Å². The second-order valence-electron chi connectivity index (χ2n) is 5.79. The quantitative estimate of drug-likeness (QED) is 0.551. The molecule has 1 aromatic carbocycles. The molecule has 0 aliphatic carbocycles. The molecule has 0 bridgehead atoms. The van der Waals surface area contributed by atoms with Crippen molar-refractivity contribution in [2.24, 2.45) is 0 Å². The summed E-state index contributed by atoms with van der Waals surface area (Å²) >= 11 is 0. The number of hydrogen-bond acceptors (Lipinski definition) is 2. The first-order valence-electron chi connectivity index (χ1n) is 7.79. The topological polar surface area (TPSA) is 29.5 Å². The van der Waals surface area contributed by atoms with Crippen molar-refractivity contribution in [2.75, 3.05) is 0 Å². The summed E-state index contributed by atoms with van der Waals surface area (Å²) in [5.41, 5.74) is 3.62. The summed E-state index contributed by atoms with van der Waals surface area (Å²) in [5.74, 6) is 1.54. The van der Waals surface area contributed by atoms with E-state index >= 15 is 0 Å². The van der Waals surface area contributed by atoms with Crippen LogP contribution in [0.2, 0.25) is 0 Å². The van der Waals surface area contributed by atoms with Gasteiger partial charge in [-0.05, 0) is 43.5 Å². The summed E-state index contributed by atoms with van der Waals surface area (Å²) in [6, 6.07) is 3.84. The fourth-order valence-corrected chi connectivity index (χ4v) is 2.42. The summed E-state index contributed by atoms with van der Waals surface area (Å²) in [6.45, 7) is 11.9. The fourth-order valence-electron chi connectivity index (χ4n) is 2.42. The van der Waals surface area contributed by atoms with Crippen molar-refractivity contribution in [1.82, 2.24) is 0 Å². The van der Waals surface area contributed by atoms with Gasteiger partial charge in [0, 0.05) is 5.57 Å². The lowest BCUT2D eigenvalue weighted by atomic mass is 9.99. The molecule has 116 valence electrons. The smallest absolute Gasteiger partial charge is 0.138 e. The van der Waals surface area contributed by atoms with E-state index in [9.17, 15) is 5.11 Å². The SMILES string of the molecule is C=C(C)/C=C\C1=Cc2c(O)cc(CCCCC)cc2OC1=C. The molecular weight excluding hydrogens is 272 g/mol. The van der Waals surface area contributed by atoms with Crippen LogP contribution in [0, 0.1) is 0 Å². The third-order valence-electron chi connectivity index (χ3n) is 3.65. The maximum atomic E-state index is 10.3. The van der Waals surface area contributed by atoms with E-state index in [1.54, 1.807) is 0 Å². The van der Waals surface area contributed by atoms with E-state index in [0.717, 1.165) is 29.6 Å². The first-order valence-corrected chi connectivity index (χ1v) is 7.79. The molecule has 0 aromatic heterocycles. The zero-order chi connectivity index (χ0) is 16.1. The van der Waals surface area contributed by atoms with Gasteiger partial charge >= 0.3 is 0 Å². The Balaban J connectivity index is 2.29. The monoisotopic (exact) mass is 296 g/mol. The van der Waals surface area contributed by atoms with Gasteiger partial charge in [-0.15, -0.1) is 0 Å². The van der Waals surface area contributed by atoms with Crippen LogP contribution in [0.25, 0.3) is 6.08 Å². The summed E-state index contributed by atoms with van der Waals surface area (Å²) in [4.78, 5) is 0. The van der Waals surface area contributed by atoms with E-state index in [-0.39, 0.29) is 5.75 Å². The van der Waals surface area contributed by atoms with Gasteiger partial charge in [0.25, 0.3) is 0 Å². The van der Waals surface area contributed by atoms with Crippen LogP contribution in [0.1, 0.15) is 44.2 Å². The molecule has 0 saturated heterocycles. The summed E-state index contributed by atoms with van der Waals surface area (Å²) in [6.07, 6.45) is 10.2. The molecule has 2 nitrogen and oxygen atoms in total. The van der Waals surface area contributed by atoms with Crippen molar-refractivity contribution in [1.29, 1.82) is 0 Å². The number of ether oxygens (including phenoxy) is 1. The van der Waals surface area contributed by atoms with E-state index in [0.29, 0.717) is 17.1 Å². The minimum Gasteiger partial charge on any atom is -0.507 e. The molecule has 1 N–H and O–H groups in total. The van der Waals surface area contributed by atoms with Crippen LogP contribution in [0.15, 0.2) is 54.3 Å². The van der Waals surface area contributed by atoms with Gasteiger partial charge in [0.05, 0.1) is 5.56 Å². The van der Waals surface area contributed by atoms with Crippen molar-refractivity contribution < 1.29 is 9.84 Å². The van der Waals surface area contributed by atoms with Crippen LogP contribution in [0.3, 0.4) is 0 Å². The number of hydrogen-bond donors (Lipinski definition) is 1. The lowest BCUT2D eigenvalue weighted by Gasteiger charge is -2.20. The minimum absolute atomic E-state index is 0.262. The molecule has 0 fully saturated rings. The fraction of sp³-hybridized carbons (Fsp3) is 0.300. The Kier molecular flexibility index (Phi) is 5.26. The molecule has 22 heavy (non-hydrogen) atoms. The molecule has 0 unspecified atom stereocenters. The van der Waals surface area contributed by atoms with Crippen LogP contribution >= 0.6 is 0 Å². The number of phenolic OH excluding ortho intramolecular Hbond substituents is 1. The molecule has 1 aliphatic heterocycles. The van der Waals surface area contributed by atoms with Gasteiger partial charge in [-0.25, -0.2) is 0 Å². The van der Waals surface area contributed by atoms with Gasteiger partial charge in [-0.3, -0.25) is 0 Å². The maximum Gasteiger partial charge on any atom is 0.138 e. The van der Waals surface area contributed by atoms with Crippen LogP contribution < -0.4 is 4.74 Å². The van der Waals surface area contributed by atoms with Crippen LogP contribution in [0.4, 0.5) is 0 Å². The highest BCUT2D eigenvalue weighted by Gasteiger charge is 2.18. The lowest BCUT2D eigenvalue weighted by molar-refractivity contribution is 0.422. The van der Waals surface area contributed by atoms with Gasteiger partial charge < -0.3 is 9.84 Å². The molecule has 0 saturated carbocycles. The van der Waals surface area contributed by atoms with E-state index in [4.69, 9.17) is 4.74 Å². The molecular formula is C20H24O2. The zero-order valence-electron chi connectivity index (χ0n) is 13.5. The second-order valence-corrected chi connectivity index (χ2v) is 5.79. The summed E-state index contributed by atoms with van der Waals surface area (Å²) in [7, 11) is 0. The molecule has 1 aliphatic rings. The Morgan fingerprint density at radius 1 is 1.32 bits per heavy atom. The van der Waals surface area contributed by atoms with Crippen molar-refractivity contribution in [3.05, 3.63) is 65.5 Å². The predicted octanol–water partition coefficient (Wildman–Crippen LogP) is 5.55. The highest BCUT2D eigenvalue weighted by atomic mass is 16.5. The zero-order valence-corrected chi connectivity index (χ0v) is 13.5. The van der Waals surface area contributed by atoms with Gasteiger partial charge in [-0.1, -0.05) is 50.6 Å². The molecule has 0 radical (unpaired) electrons. The number of aromatic hydroxyl groups is 1. The van der Waals surface area contributed by atoms with Gasteiger partial charge in [0.1, 0.15) is 17.3 Å². The van der Waals surface area contributed by atoms with E-state index in [1.165, 1.54) is 12.8 Å². The number of allylic oxidation sites excluding steroid dienone is 3. The highest BCUT2D eigenvalue weighted by molar-refractivity contribution is 5.73. The first-order chi connectivity index (χ1) is 10.5. The highest BCUT2D eigenvalue weighted by Crippen LogP contribution is 2.38. The molecule has 0 spiro atoms. The number of rotatable bonds is 6. The third-order valence-corrected chi connectivity index (χ3v) is 3.65. The molecule has 0 atom stereocenters. The Labute approximate surface area is 133 Å². The first kappa shape index (κ1) is 16.2. The van der Waals surface area contributed by atoms with Crippen LogP contribution in [-0.2, 0) is 6.42 Å². The average Bonchev–Trinajstić information content (AvgIpc) is 2.45. The number of benzene rings is 1. The molecule has 2 heteroatoms. The van der Waals surface area contributed by atoms with Crippen molar-refractivity contribution >= 4 is 6.08 Å². The van der Waals surface area contributed by atoms with Gasteiger partial charge in [0.2, 0.25) is 0 Å². The Morgan fingerprint density at radius 2 is 2.09 bits per heavy atom.